The molecule has 0 radical (unpaired) electrons. The fourth-order valence-corrected chi connectivity index (χ4v) is 4.87. The first-order valence-electron chi connectivity index (χ1n) is 7.61. The van der Waals surface area contributed by atoms with E-state index in [1.54, 1.807) is 14.2 Å². The topological polar surface area (TPSA) is 55.8 Å². The molecule has 1 heterocycles. The van der Waals surface area contributed by atoms with Crippen molar-refractivity contribution in [3.63, 3.8) is 0 Å². The van der Waals surface area contributed by atoms with Crippen molar-refractivity contribution in [3.8, 4) is 11.5 Å². The van der Waals surface area contributed by atoms with E-state index in [9.17, 15) is 9.90 Å². The van der Waals surface area contributed by atoms with Gasteiger partial charge in [0.15, 0.2) is 11.5 Å². The van der Waals surface area contributed by atoms with Gasteiger partial charge in [0, 0.05) is 25.9 Å². The summed E-state index contributed by atoms with van der Waals surface area (Å²) >= 11 is 2.72. The van der Waals surface area contributed by atoms with E-state index in [4.69, 9.17) is 9.47 Å². The standard InChI is InChI=1S/C19H18O4S2/c1-10-5-6-12(7-11(10)2)24-17-13-8-14(22-3)15(23-4)9-16(13)25-18(17)19(20)21/h5-9H,1-4H3,(H,20,21). The fraction of sp³-hybridized carbons (Fsp3) is 0.211. The number of hydrogen-bond donors (Lipinski definition) is 1. The number of benzene rings is 2. The van der Waals surface area contributed by atoms with Gasteiger partial charge in [0.2, 0.25) is 0 Å². The van der Waals surface area contributed by atoms with E-state index in [0.717, 1.165) is 19.9 Å². The summed E-state index contributed by atoms with van der Waals surface area (Å²) in [4.78, 5) is 13.8. The minimum Gasteiger partial charge on any atom is -0.493 e. The molecule has 0 saturated carbocycles. The van der Waals surface area contributed by atoms with Gasteiger partial charge < -0.3 is 14.6 Å². The van der Waals surface area contributed by atoms with Crippen molar-refractivity contribution in [3.05, 3.63) is 46.3 Å². The molecule has 0 atom stereocenters. The van der Waals surface area contributed by atoms with E-state index in [1.807, 2.05) is 18.2 Å². The van der Waals surface area contributed by atoms with E-state index < -0.39 is 5.97 Å². The van der Waals surface area contributed by atoms with Crippen molar-refractivity contribution in [2.75, 3.05) is 14.2 Å². The molecule has 1 aromatic heterocycles. The first kappa shape index (κ1) is 17.6. The van der Waals surface area contributed by atoms with Crippen LogP contribution in [0.3, 0.4) is 0 Å². The van der Waals surface area contributed by atoms with Crippen LogP contribution in [0.5, 0.6) is 11.5 Å². The largest absolute Gasteiger partial charge is 0.493 e. The van der Waals surface area contributed by atoms with Crippen LogP contribution in [0.2, 0.25) is 0 Å². The number of methoxy groups -OCH3 is 2. The zero-order valence-corrected chi connectivity index (χ0v) is 16.0. The van der Waals surface area contributed by atoms with Crippen LogP contribution in [-0.4, -0.2) is 25.3 Å². The van der Waals surface area contributed by atoms with Gasteiger partial charge in [-0.15, -0.1) is 11.3 Å². The molecular weight excluding hydrogens is 356 g/mol. The predicted molar refractivity (Wildman–Crippen MR) is 102 cm³/mol. The van der Waals surface area contributed by atoms with Gasteiger partial charge in [-0.2, -0.15) is 0 Å². The van der Waals surface area contributed by atoms with Crippen LogP contribution in [0.1, 0.15) is 20.8 Å². The second-order valence-electron chi connectivity index (χ2n) is 5.62. The molecular formula is C19H18O4S2. The molecule has 2 aromatic carbocycles. The van der Waals surface area contributed by atoms with Crippen molar-refractivity contribution in [2.45, 2.75) is 23.6 Å². The Morgan fingerprint density at radius 1 is 1.04 bits per heavy atom. The van der Waals surface area contributed by atoms with Gasteiger partial charge in [0.05, 0.1) is 14.2 Å². The minimum absolute atomic E-state index is 0.327. The summed E-state index contributed by atoms with van der Waals surface area (Å²) in [6, 6.07) is 9.82. The molecule has 3 aromatic rings. The first-order chi connectivity index (χ1) is 11.9. The molecule has 1 N–H and O–H groups in total. The van der Waals surface area contributed by atoms with Crippen LogP contribution < -0.4 is 9.47 Å². The number of carboxylic acid groups (broad SMARTS) is 1. The molecule has 0 amide bonds. The zero-order chi connectivity index (χ0) is 18.1. The highest BCUT2D eigenvalue weighted by molar-refractivity contribution is 7.99. The van der Waals surface area contributed by atoms with Crippen LogP contribution in [0.4, 0.5) is 0 Å². The molecule has 25 heavy (non-hydrogen) atoms. The van der Waals surface area contributed by atoms with Crippen LogP contribution >= 0.6 is 23.1 Å². The van der Waals surface area contributed by atoms with E-state index in [2.05, 4.69) is 26.0 Å². The average Bonchev–Trinajstić information content (AvgIpc) is 2.94. The number of aromatic carboxylic acids is 1. The Bertz CT molecular complexity index is 960. The summed E-state index contributed by atoms with van der Waals surface area (Å²) in [6.45, 7) is 4.11. The Kier molecular flexibility index (Phi) is 4.92. The van der Waals surface area contributed by atoms with Crippen LogP contribution in [0.25, 0.3) is 10.1 Å². The summed E-state index contributed by atoms with van der Waals surface area (Å²) in [5.41, 5.74) is 2.39. The second kappa shape index (κ2) is 6.98. The van der Waals surface area contributed by atoms with Crippen molar-refractivity contribution in [1.82, 2.24) is 0 Å². The van der Waals surface area contributed by atoms with Crippen LogP contribution in [-0.2, 0) is 0 Å². The Morgan fingerprint density at radius 3 is 2.32 bits per heavy atom. The Morgan fingerprint density at radius 2 is 1.72 bits per heavy atom. The van der Waals surface area contributed by atoms with Gasteiger partial charge in [0.1, 0.15) is 4.88 Å². The second-order valence-corrected chi connectivity index (χ2v) is 7.75. The van der Waals surface area contributed by atoms with Gasteiger partial charge in [-0.3, -0.25) is 0 Å². The molecule has 0 aliphatic heterocycles. The number of fused-ring (bicyclic) bond motifs is 1. The van der Waals surface area contributed by atoms with Crippen molar-refractivity contribution < 1.29 is 19.4 Å². The maximum Gasteiger partial charge on any atom is 0.347 e. The van der Waals surface area contributed by atoms with Gasteiger partial charge in [-0.25, -0.2) is 4.79 Å². The van der Waals surface area contributed by atoms with Gasteiger partial charge in [-0.05, 0) is 43.2 Å². The van der Waals surface area contributed by atoms with Crippen molar-refractivity contribution in [1.29, 1.82) is 0 Å². The molecule has 0 saturated heterocycles. The number of carboxylic acids is 1. The number of ether oxygens (including phenoxy) is 2. The molecule has 0 aliphatic carbocycles. The molecule has 0 bridgehead atoms. The molecule has 0 fully saturated rings. The summed E-state index contributed by atoms with van der Waals surface area (Å²) in [5, 5.41) is 10.5. The van der Waals surface area contributed by atoms with Crippen molar-refractivity contribution in [2.24, 2.45) is 0 Å². The Labute approximate surface area is 154 Å². The molecule has 130 valence electrons. The fourth-order valence-electron chi connectivity index (χ4n) is 2.54. The summed E-state index contributed by atoms with van der Waals surface area (Å²) in [6.07, 6.45) is 0. The lowest BCUT2D eigenvalue weighted by molar-refractivity contribution is 0.0699. The Balaban J connectivity index is 2.18. The summed E-state index contributed by atoms with van der Waals surface area (Å²) in [7, 11) is 3.14. The molecule has 0 aliphatic rings. The number of rotatable bonds is 5. The lowest BCUT2D eigenvalue weighted by atomic mass is 10.1. The third-order valence-electron chi connectivity index (χ3n) is 4.04. The quantitative estimate of drug-likeness (QED) is 0.649. The number of carbonyl (C=O) groups is 1. The van der Waals surface area contributed by atoms with E-state index in [0.29, 0.717) is 16.4 Å². The van der Waals surface area contributed by atoms with Crippen LogP contribution in [0.15, 0.2) is 40.1 Å². The zero-order valence-electron chi connectivity index (χ0n) is 14.4. The molecule has 0 spiro atoms. The smallest absolute Gasteiger partial charge is 0.347 e. The normalized spacial score (nSPS) is 10.9. The maximum atomic E-state index is 11.7. The molecule has 0 unspecified atom stereocenters. The van der Waals surface area contributed by atoms with Crippen molar-refractivity contribution >= 4 is 39.2 Å². The third kappa shape index (κ3) is 3.32. The lowest BCUT2D eigenvalue weighted by Gasteiger charge is -2.09. The number of hydrogen-bond acceptors (Lipinski definition) is 5. The van der Waals surface area contributed by atoms with Crippen LogP contribution in [0, 0.1) is 13.8 Å². The van der Waals surface area contributed by atoms with E-state index >= 15 is 0 Å². The summed E-state index contributed by atoms with van der Waals surface area (Å²) < 4.78 is 11.6. The monoisotopic (exact) mass is 374 g/mol. The first-order valence-corrected chi connectivity index (χ1v) is 9.24. The van der Waals surface area contributed by atoms with E-state index in [-0.39, 0.29) is 0 Å². The van der Waals surface area contributed by atoms with Gasteiger partial charge >= 0.3 is 5.97 Å². The highest BCUT2D eigenvalue weighted by Crippen LogP contribution is 2.45. The highest BCUT2D eigenvalue weighted by atomic mass is 32.2. The molecule has 3 rings (SSSR count). The third-order valence-corrected chi connectivity index (χ3v) is 6.43. The maximum absolute atomic E-state index is 11.7. The average molecular weight is 374 g/mol. The van der Waals surface area contributed by atoms with E-state index in [1.165, 1.54) is 34.2 Å². The molecule has 4 nitrogen and oxygen atoms in total. The predicted octanol–water partition coefficient (Wildman–Crippen LogP) is 5.38. The minimum atomic E-state index is -0.925. The van der Waals surface area contributed by atoms with Gasteiger partial charge in [-0.1, -0.05) is 17.8 Å². The molecule has 6 heteroatoms. The SMILES string of the molecule is COc1cc2sc(C(=O)O)c(Sc3ccc(C)c(C)c3)c2cc1OC. The highest BCUT2D eigenvalue weighted by Gasteiger charge is 2.21. The lowest BCUT2D eigenvalue weighted by Crippen LogP contribution is -1.94. The number of thiophene rings is 1. The Hall–Kier alpha value is -2.18. The van der Waals surface area contributed by atoms with Gasteiger partial charge in [0.25, 0.3) is 0 Å². The summed E-state index contributed by atoms with van der Waals surface area (Å²) in [5.74, 6) is 0.257. The number of aryl methyl sites for hydroxylation is 2.